The second-order valence-corrected chi connectivity index (χ2v) is 3.61. The Morgan fingerprint density at radius 3 is 2.67 bits per heavy atom. The van der Waals surface area contributed by atoms with Gasteiger partial charge < -0.3 is 0 Å². The number of aryl methyl sites for hydroxylation is 2. The predicted octanol–water partition coefficient (Wildman–Crippen LogP) is 2.22. The van der Waals surface area contributed by atoms with Crippen LogP contribution in [0.15, 0.2) is 12.1 Å². The molecule has 0 unspecified atom stereocenters. The molecule has 0 aliphatic rings. The fraction of sp³-hybridized carbons (Fsp3) is 0.300. The average Bonchev–Trinajstić information content (AvgIpc) is 2.70. The van der Waals surface area contributed by atoms with E-state index in [1.165, 1.54) is 0 Å². The zero-order chi connectivity index (χ0) is 10.8. The molecule has 0 aliphatic heterocycles. The van der Waals surface area contributed by atoms with E-state index >= 15 is 0 Å². The van der Waals surface area contributed by atoms with Crippen molar-refractivity contribution in [3.8, 4) is 11.5 Å². The first-order valence-electron chi connectivity index (χ1n) is 4.62. The number of hydrogen-bond donors (Lipinski definition) is 1. The van der Waals surface area contributed by atoms with Crippen LogP contribution >= 0.6 is 11.6 Å². The van der Waals surface area contributed by atoms with E-state index in [9.17, 15) is 0 Å². The fourth-order valence-electron chi connectivity index (χ4n) is 1.22. The van der Waals surface area contributed by atoms with Gasteiger partial charge in [0.15, 0.2) is 5.82 Å². The van der Waals surface area contributed by atoms with Crippen LogP contribution in [0.25, 0.3) is 11.5 Å². The number of H-pyrrole nitrogens is 1. The van der Waals surface area contributed by atoms with Crippen molar-refractivity contribution in [3.63, 3.8) is 0 Å². The van der Waals surface area contributed by atoms with Gasteiger partial charge in [-0.05, 0) is 25.5 Å². The number of halogens is 1. The summed E-state index contributed by atoms with van der Waals surface area (Å²) in [5.74, 6) is 1.58. The summed E-state index contributed by atoms with van der Waals surface area (Å²) >= 11 is 5.63. The van der Waals surface area contributed by atoms with Crippen molar-refractivity contribution in [2.24, 2.45) is 0 Å². The molecule has 0 radical (unpaired) electrons. The maximum Gasteiger partial charge on any atom is 0.199 e. The van der Waals surface area contributed by atoms with Crippen molar-refractivity contribution in [1.29, 1.82) is 0 Å². The molecular formula is C10H11ClN4. The van der Waals surface area contributed by atoms with Crippen LogP contribution < -0.4 is 0 Å². The highest BCUT2D eigenvalue weighted by Gasteiger charge is 2.07. The highest BCUT2D eigenvalue weighted by Crippen LogP contribution is 2.14. The molecule has 1 N–H and O–H groups in total. The summed E-state index contributed by atoms with van der Waals surface area (Å²) in [5, 5.41) is 6.80. The van der Waals surface area contributed by atoms with E-state index in [1.807, 2.05) is 26.0 Å². The monoisotopic (exact) mass is 222 g/mol. The summed E-state index contributed by atoms with van der Waals surface area (Å²) in [5.41, 5.74) is 2.92. The first-order chi connectivity index (χ1) is 7.20. The number of rotatable bonds is 2. The lowest BCUT2D eigenvalue weighted by Gasteiger charge is -1.99. The maximum absolute atomic E-state index is 5.63. The molecule has 0 saturated heterocycles. The molecule has 0 spiro atoms. The smallest absolute Gasteiger partial charge is 0.199 e. The summed E-state index contributed by atoms with van der Waals surface area (Å²) in [4.78, 5) is 8.61. The summed E-state index contributed by atoms with van der Waals surface area (Å²) in [7, 11) is 0. The zero-order valence-corrected chi connectivity index (χ0v) is 9.34. The van der Waals surface area contributed by atoms with E-state index in [0.29, 0.717) is 17.5 Å². The third-order valence-corrected chi connectivity index (χ3v) is 2.49. The number of aromatic nitrogens is 4. The lowest BCUT2D eigenvalue weighted by Crippen LogP contribution is -1.91. The van der Waals surface area contributed by atoms with Crippen molar-refractivity contribution in [3.05, 3.63) is 29.2 Å². The second-order valence-electron chi connectivity index (χ2n) is 3.34. The van der Waals surface area contributed by atoms with Gasteiger partial charge in [-0.25, -0.2) is 9.97 Å². The van der Waals surface area contributed by atoms with Crippen LogP contribution in [-0.4, -0.2) is 20.2 Å². The van der Waals surface area contributed by atoms with E-state index < -0.39 is 0 Å². The molecule has 78 valence electrons. The van der Waals surface area contributed by atoms with Gasteiger partial charge in [0.25, 0.3) is 0 Å². The Hall–Kier alpha value is -1.42. The second kappa shape index (κ2) is 3.98. The fourth-order valence-corrected chi connectivity index (χ4v) is 1.34. The number of pyridine rings is 1. The Balaban J connectivity index is 2.40. The normalized spacial score (nSPS) is 10.6. The number of nitrogens with one attached hydrogen (secondary N) is 1. The first kappa shape index (κ1) is 10.1. The number of nitrogens with zero attached hydrogens (tertiary/aromatic N) is 3. The van der Waals surface area contributed by atoms with Crippen LogP contribution in [0.1, 0.15) is 17.1 Å². The van der Waals surface area contributed by atoms with Crippen LogP contribution in [0, 0.1) is 13.8 Å². The number of aromatic amines is 1. The molecule has 5 heteroatoms. The molecule has 2 heterocycles. The van der Waals surface area contributed by atoms with Gasteiger partial charge >= 0.3 is 0 Å². The molecule has 0 aliphatic carbocycles. The van der Waals surface area contributed by atoms with Gasteiger partial charge in [0.1, 0.15) is 11.5 Å². The quantitative estimate of drug-likeness (QED) is 0.793. The minimum atomic E-state index is 0.331. The summed E-state index contributed by atoms with van der Waals surface area (Å²) in [6, 6.07) is 3.91. The molecule has 0 amide bonds. The molecule has 0 saturated carbocycles. The highest BCUT2D eigenvalue weighted by molar-refractivity contribution is 6.16. The third-order valence-electron chi connectivity index (χ3n) is 2.24. The van der Waals surface area contributed by atoms with E-state index in [1.54, 1.807) is 0 Å². The molecule has 0 atom stereocenters. The SMILES string of the molecule is Cc1ccc(-c2n[nH]c(CCl)n2)nc1C. The maximum atomic E-state index is 5.63. The van der Waals surface area contributed by atoms with E-state index in [2.05, 4.69) is 20.2 Å². The lowest BCUT2D eigenvalue weighted by molar-refractivity contribution is 1.02. The van der Waals surface area contributed by atoms with Crippen LogP contribution in [0.2, 0.25) is 0 Å². The lowest BCUT2D eigenvalue weighted by atomic mass is 10.2. The zero-order valence-electron chi connectivity index (χ0n) is 8.58. The molecule has 2 rings (SSSR count). The van der Waals surface area contributed by atoms with Gasteiger partial charge in [-0.1, -0.05) is 6.07 Å². The first-order valence-corrected chi connectivity index (χ1v) is 5.16. The largest absolute Gasteiger partial charge is 0.262 e. The van der Waals surface area contributed by atoms with Crippen molar-refractivity contribution in [2.45, 2.75) is 19.7 Å². The molecule has 2 aromatic rings. The number of hydrogen-bond acceptors (Lipinski definition) is 3. The molecule has 0 bridgehead atoms. The molecule has 0 fully saturated rings. The van der Waals surface area contributed by atoms with Crippen LogP contribution in [0.3, 0.4) is 0 Å². The van der Waals surface area contributed by atoms with Crippen molar-refractivity contribution < 1.29 is 0 Å². The van der Waals surface area contributed by atoms with E-state index in [0.717, 1.165) is 17.0 Å². The predicted molar refractivity (Wildman–Crippen MR) is 58.6 cm³/mol. The Labute approximate surface area is 92.7 Å². The summed E-state index contributed by atoms with van der Waals surface area (Å²) in [6.45, 7) is 3.99. The molecule has 0 aromatic carbocycles. The van der Waals surface area contributed by atoms with Crippen molar-refractivity contribution in [2.75, 3.05) is 0 Å². The van der Waals surface area contributed by atoms with E-state index in [4.69, 9.17) is 11.6 Å². The minimum absolute atomic E-state index is 0.331. The van der Waals surface area contributed by atoms with Gasteiger partial charge in [0.05, 0.1) is 5.88 Å². The average molecular weight is 223 g/mol. The Morgan fingerprint density at radius 1 is 1.27 bits per heavy atom. The Kier molecular flexibility index (Phi) is 2.68. The summed E-state index contributed by atoms with van der Waals surface area (Å²) in [6.07, 6.45) is 0. The van der Waals surface area contributed by atoms with Gasteiger partial charge in [-0.3, -0.25) is 5.10 Å². The molecule has 2 aromatic heterocycles. The Morgan fingerprint density at radius 2 is 2.07 bits per heavy atom. The van der Waals surface area contributed by atoms with Crippen molar-refractivity contribution >= 4 is 11.6 Å². The van der Waals surface area contributed by atoms with Gasteiger partial charge in [-0.15, -0.1) is 11.6 Å². The van der Waals surface area contributed by atoms with Crippen molar-refractivity contribution in [1.82, 2.24) is 20.2 Å². The molecule has 15 heavy (non-hydrogen) atoms. The van der Waals surface area contributed by atoms with Gasteiger partial charge in [0.2, 0.25) is 0 Å². The number of alkyl halides is 1. The van der Waals surface area contributed by atoms with E-state index in [-0.39, 0.29) is 0 Å². The standard InChI is InChI=1S/C10H11ClN4/c1-6-3-4-8(12-7(6)2)10-13-9(5-11)14-15-10/h3-4H,5H2,1-2H3,(H,13,14,15). The minimum Gasteiger partial charge on any atom is -0.262 e. The van der Waals surface area contributed by atoms with Crippen LogP contribution in [-0.2, 0) is 5.88 Å². The topological polar surface area (TPSA) is 54.5 Å². The third kappa shape index (κ3) is 1.99. The van der Waals surface area contributed by atoms with Gasteiger partial charge in [-0.2, -0.15) is 5.10 Å². The van der Waals surface area contributed by atoms with Crippen LogP contribution in [0.4, 0.5) is 0 Å². The van der Waals surface area contributed by atoms with Gasteiger partial charge in [0, 0.05) is 5.69 Å². The highest BCUT2D eigenvalue weighted by atomic mass is 35.5. The Bertz CT molecular complexity index is 478. The summed E-state index contributed by atoms with van der Waals surface area (Å²) < 4.78 is 0. The van der Waals surface area contributed by atoms with Crippen LogP contribution in [0.5, 0.6) is 0 Å². The molecule has 4 nitrogen and oxygen atoms in total. The molecular weight excluding hydrogens is 212 g/mol.